The molecule has 2 atom stereocenters. The molecule has 4 heteroatoms. The van der Waals surface area contributed by atoms with Crippen LogP contribution in [0.25, 0.3) is 0 Å². The number of aliphatic hydroxyl groups is 2. The highest BCUT2D eigenvalue weighted by Gasteiger charge is 2.06. The Kier molecular flexibility index (Phi) is 4.61. The van der Waals surface area contributed by atoms with E-state index in [1.165, 1.54) is 0 Å². The molecular formula is C5H13NO3. The van der Waals surface area contributed by atoms with Crippen molar-refractivity contribution >= 4 is 0 Å². The smallest absolute Gasteiger partial charge is 0.127 e. The summed E-state index contributed by atoms with van der Waals surface area (Å²) in [6, 6.07) is 0. The third-order valence-corrected chi connectivity index (χ3v) is 1.09. The summed E-state index contributed by atoms with van der Waals surface area (Å²) in [6.07, 6.45) is -0.570. The number of rotatable bonds is 4. The monoisotopic (exact) mass is 135 g/mol. The molecule has 0 aromatic carbocycles. The van der Waals surface area contributed by atoms with Gasteiger partial charge in [0, 0.05) is 6.61 Å². The molecule has 0 aromatic heterocycles. The van der Waals surface area contributed by atoms with E-state index < -0.39 is 6.23 Å². The second-order valence-corrected chi connectivity index (χ2v) is 2.17. The van der Waals surface area contributed by atoms with E-state index in [1.807, 2.05) is 0 Å². The van der Waals surface area contributed by atoms with Gasteiger partial charge < -0.3 is 15.4 Å². The van der Waals surface area contributed by atoms with Crippen molar-refractivity contribution in [2.75, 3.05) is 6.61 Å². The van der Waals surface area contributed by atoms with Crippen LogP contribution in [0.5, 0.6) is 0 Å². The minimum atomic E-state index is -0.924. The molecule has 0 aliphatic rings. The Morgan fingerprint density at radius 1 is 1.56 bits per heavy atom. The zero-order valence-electron chi connectivity index (χ0n) is 5.41. The van der Waals surface area contributed by atoms with Gasteiger partial charge in [-0.1, -0.05) is 6.92 Å². The molecule has 0 spiro atoms. The topological polar surface area (TPSA) is 72.7 Å². The summed E-state index contributed by atoms with van der Waals surface area (Å²) < 4.78 is 0. The summed E-state index contributed by atoms with van der Waals surface area (Å²) in [5.41, 5.74) is 1.67. The standard InChI is InChI=1S/C5H13NO3/c1-4(3-7)2-5(8)6-9/h4-9H,2-3H2,1H3. The normalized spacial score (nSPS) is 17.3. The SMILES string of the molecule is CC(CO)CC(O)NO. The number of nitrogens with one attached hydrogen (secondary N) is 1. The molecule has 9 heavy (non-hydrogen) atoms. The van der Waals surface area contributed by atoms with Crippen molar-refractivity contribution in [3.63, 3.8) is 0 Å². The molecule has 0 saturated heterocycles. The first-order valence-electron chi connectivity index (χ1n) is 2.89. The Morgan fingerprint density at radius 2 is 2.11 bits per heavy atom. The minimum Gasteiger partial charge on any atom is -0.396 e. The number of aliphatic hydroxyl groups excluding tert-OH is 2. The van der Waals surface area contributed by atoms with Gasteiger partial charge in [-0.05, 0) is 12.3 Å². The van der Waals surface area contributed by atoms with Gasteiger partial charge in [-0.3, -0.25) is 0 Å². The highest BCUT2D eigenvalue weighted by molar-refractivity contribution is 4.53. The molecule has 0 radical (unpaired) electrons. The largest absolute Gasteiger partial charge is 0.396 e. The molecule has 4 N–H and O–H groups in total. The molecule has 0 saturated carbocycles. The van der Waals surface area contributed by atoms with Crippen LogP contribution in [-0.2, 0) is 0 Å². The van der Waals surface area contributed by atoms with Gasteiger partial charge in [0.05, 0.1) is 0 Å². The Bertz CT molecular complexity index is 61.2. The van der Waals surface area contributed by atoms with Crippen molar-refractivity contribution in [2.45, 2.75) is 19.6 Å². The third-order valence-electron chi connectivity index (χ3n) is 1.09. The Hall–Kier alpha value is -0.160. The molecule has 0 aliphatic carbocycles. The maximum Gasteiger partial charge on any atom is 0.127 e. The highest BCUT2D eigenvalue weighted by Crippen LogP contribution is 2.01. The van der Waals surface area contributed by atoms with Gasteiger partial charge in [-0.15, -0.1) is 0 Å². The van der Waals surface area contributed by atoms with Gasteiger partial charge in [0.1, 0.15) is 6.23 Å². The van der Waals surface area contributed by atoms with Gasteiger partial charge in [-0.25, -0.2) is 0 Å². The Morgan fingerprint density at radius 3 is 2.44 bits per heavy atom. The summed E-state index contributed by atoms with van der Waals surface area (Å²) in [7, 11) is 0. The van der Waals surface area contributed by atoms with Gasteiger partial charge in [-0.2, -0.15) is 5.48 Å². The van der Waals surface area contributed by atoms with Gasteiger partial charge in [0.25, 0.3) is 0 Å². The summed E-state index contributed by atoms with van der Waals surface area (Å²) in [5, 5.41) is 25.2. The summed E-state index contributed by atoms with van der Waals surface area (Å²) in [5.74, 6) is 0.0136. The molecule has 0 heterocycles. The van der Waals surface area contributed by atoms with Gasteiger partial charge in [0.2, 0.25) is 0 Å². The second kappa shape index (κ2) is 4.69. The van der Waals surface area contributed by atoms with Crippen molar-refractivity contribution in [1.29, 1.82) is 0 Å². The maximum absolute atomic E-state index is 8.69. The van der Waals surface area contributed by atoms with Crippen LogP contribution in [0.15, 0.2) is 0 Å². The fourth-order valence-corrected chi connectivity index (χ4v) is 0.508. The highest BCUT2D eigenvalue weighted by atomic mass is 16.5. The predicted octanol–water partition coefficient (Wildman–Crippen LogP) is -0.698. The van der Waals surface area contributed by atoms with Crippen LogP contribution < -0.4 is 5.48 Å². The summed E-state index contributed by atoms with van der Waals surface area (Å²) >= 11 is 0. The lowest BCUT2D eigenvalue weighted by atomic mass is 10.1. The average Bonchev–Trinajstić information content (AvgIpc) is 1.87. The first-order chi connectivity index (χ1) is 4.20. The van der Waals surface area contributed by atoms with E-state index in [9.17, 15) is 0 Å². The van der Waals surface area contributed by atoms with E-state index in [4.69, 9.17) is 15.4 Å². The zero-order valence-corrected chi connectivity index (χ0v) is 5.41. The van der Waals surface area contributed by atoms with Crippen LogP contribution in [0.3, 0.4) is 0 Å². The molecule has 0 amide bonds. The van der Waals surface area contributed by atoms with Crippen LogP contribution in [0.2, 0.25) is 0 Å². The molecule has 0 aliphatic heterocycles. The van der Waals surface area contributed by atoms with Crippen molar-refractivity contribution in [3.8, 4) is 0 Å². The van der Waals surface area contributed by atoms with E-state index in [2.05, 4.69) is 0 Å². The van der Waals surface area contributed by atoms with E-state index >= 15 is 0 Å². The average molecular weight is 135 g/mol. The van der Waals surface area contributed by atoms with Gasteiger partial charge >= 0.3 is 0 Å². The Labute approximate surface area is 54.1 Å². The lowest BCUT2D eigenvalue weighted by Gasteiger charge is -2.11. The van der Waals surface area contributed by atoms with Crippen LogP contribution in [-0.4, -0.2) is 28.3 Å². The fraction of sp³-hybridized carbons (Fsp3) is 1.00. The molecule has 56 valence electrons. The van der Waals surface area contributed by atoms with Crippen molar-refractivity contribution < 1.29 is 15.4 Å². The summed E-state index contributed by atoms with van der Waals surface area (Å²) in [6.45, 7) is 1.80. The number of hydrogen-bond donors (Lipinski definition) is 4. The lowest BCUT2D eigenvalue weighted by molar-refractivity contribution is -0.0148. The minimum absolute atomic E-state index is 0.0136. The number of hydrogen-bond acceptors (Lipinski definition) is 4. The van der Waals surface area contributed by atoms with Crippen LogP contribution in [0.1, 0.15) is 13.3 Å². The van der Waals surface area contributed by atoms with E-state index in [1.54, 1.807) is 12.4 Å². The van der Waals surface area contributed by atoms with Crippen LogP contribution in [0, 0.1) is 5.92 Å². The molecule has 2 unspecified atom stereocenters. The first kappa shape index (κ1) is 8.84. The fourth-order valence-electron chi connectivity index (χ4n) is 0.508. The molecule has 0 fully saturated rings. The molecular weight excluding hydrogens is 122 g/mol. The van der Waals surface area contributed by atoms with Gasteiger partial charge in [0.15, 0.2) is 0 Å². The zero-order chi connectivity index (χ0) is 7.28. The van der Waals surface area contributed by atoms with E-state index in [0.29, 0.717) is 6.42 Å². The molecule has 0 aromatic rings. The third kappa shape index (κ3) is 4.35. The second-order valence-electron chi connectivity index (χ2n) is 2.17. The maximum atomic E-state index is 8.69. The van der Waals surface area contributed by atoms with Crippen LogP contribution >= 0.6 is 0 Å². The molecule has 4 nitrogen and oxygen atoms in total. The number of hydroxylamine groups is 1. The van der Waals surface area contributed by atoms with Crippen molar-refractivity contribution in [3.05, 3.63) is 0 Å². The molecule has 0 bridgehead atoms. The molecule has 0 rings (SSSR count). The quantitative estimate of drug-likeness (QED) is 0.304. The Balaban J connectivity index is 3.22. The first-order valence-corrected chi connectivity index (χ1v) is 2.89. The van der Waals surface area contributed by atoms with E-state index in [-0.39, 0.29) is 12.5 Å². The van der Waals surface area contributed by atoms with Crippen molar-refractivity contribution in [1.82, 2.24) is 5.48 Å². The van der Waals surface area contributed by atoms with Crippen molar-refractivity contribution in [2.24, 2.45) is 5.92 Å². The summed E-state index contributed by atoms with van der Waals surface area (Å²) in [4.78, 5) is 0. The van der Waals surface area contributed by atoms with E-state index in [0.717, 1.165) is 0 Å². The lowest BCUT2D eigenvalue weighted by Crippen LogP contribution is -2.27. The van der Waals surface area contributed by atoms with Crippen LogP contribution in [0.4, 0.5) is 0 Å². The predicted molar refractivity (Wildman–Crippen MR) is 31.8 cm³/mol.